The molecule has 4 heteroatoms. The van der Waals surface area contributed by atoms with E-state index in [2.05, 4.69) is 41.0 Å². The molecule has 0 N–H and O–H groups in total. The van der Waals surface area contributed by atoms with Crippen LogP contribution < -0.4 is 15.4 Å². The molecule has 0 spiro atoms. The predicted octanol–water partition coefficient (Wildman–Crippen LogP) is 2.02. The molecular formula is C17H21N3O. The number of pyridine rings is 1. The third-order valence-electron chi connectivity index (χ3n) is 4.12. The lowest BCUT2D eigenvalue weighted by Crippen LogP contribution is -2.48. The first-order valence-corrected chi connectivity index (χ1v) is 7.37. The lowest BCUT2D eigenvalue weighted by molar-refractivity contribution is 0.647. The van der Waals surface area contributed by atoms with Crippen LogP contribution in [0.3, 0.4) is 0 Å². The summed E-state index contributed by atoms with van der Waals surface area (Å²) in [6, 6.07) is 12.5. The maximum Gasteiger partial charge on any atom is 0.273 e. The lowest BCUT2D eigenvalue weighted by atomic mass is 10.2. The van der Waals surface area contributed by atoms with E-state index in [1.165, 1.54) is 11.3 Å². The largest absolute Gasteiger partial charge is 0.368 e. The van der Waals surface area contributed by atoms with Crippen LogP contribution in [0.2, 0.25) is 0 Å². The summed E-state index contributed by atoms with van der Waals surface area (Å²) < 4.78 is 1.64. The highest BCUT2D eigenvalue weighted by atomic mass is 16.1. The van der Waals surface area contributed by atoms with E-state index in [0.717, 1.165) is 31.9 Å². The Morgan fingerprint density at radius 3 is 2.19 bits per heavy atom. The Bertz CT molecular complexity index is 667. The van der Waals surface area contributed by atoms with Crippen LogP contribution in [0.5, 0.6) is 0 Å². The van der Waals surface area contributed by atoms with Crippen molar-refractivity contribution in [3.05, 3.63) is 58.5 Å². The number of piperazine rings is 1. The Morgan fingerprint density at radius 1 is 0.905 bits per heavy atom. The second kappa shape index (κ2) is 5.64. The Hall–Kier alpha value is -2.23. The molecule has 0 radical (unpaired) electrons. The summed E-state index contributed by atoms with van der Waals surface area (Å²) in [5.74, 6) is 0. The molecule has 21 heavy (non-hydrogen) atoms. The smallest absolute Gasteiger partial charge is 0.273 e. The van der Waals surface area contributed by atoms with Crippen LogP contribution in [-0.4, -0.2) is 30.7 Å². The fourth-order valence-electron chi connectivity index (χ4n) is 2.78. The zero-order valence-corrected chi connectivity index (χ0v) is 12.6. The second-order valence-corrected chi connectivity index (χ2v) is 5.62. The van der Waals surface area contributed by atoms with Gasteiger partial charge in [0, 0.05) is 45.1 Å². The van der Waals surface area contributed by atoms with Gasteiger partial charge in [0.2, 0.25) is 0 Å². The Kier molecular flexibility index (Phi) is 3.69. The molecule has 0 atom stereocenters. The number of aromatic nitrogens is 1. The molecule has 0 aliphatic carbocycles. The van der Waals surface area contributed by atoms with Gasteiger partial charge >= 0.3 is 0 Å². The molecule has 0 amide bonds. The van der Waals surface area contributed by atoms with Crippen molar-refractivity contribution in [2.45, 2.75) is 6.92 Å². The van der Waals surface area contributed by atoms with Gasteiger partial charge in [-0.05, 0) is 31.2 Å². The van der Waals surface area contributed by atoms with Crippen LogP contribution in [0.1, 0.15) is 5.56 Å². The Labute approximate surface area is 125 Å². The molecule has 110 valence electrons. The second-order valence-electron chi connectivity index (χ2n) is 5.62. The van der Waals surface area contributed by atoms with Gasteiger partial charge in [0.1, 0.15) is 5.69 Å². The van der Waals surface area contributed by atoms with Crippen molar-refractivity contribution in [1.29, 1.82) is 0 Å². The van der Waals surface area contributed by atoms with Gasteiger partial charge in [-0.15, -0.1) is 0 Å². The van der Waals surface area contributed by atoms with E-state index >= 15 is 0 Å². The number of hydrogen-bond acceptors (Lipinski definition) is 3. The number of nitrogens with zero attached hydrogens (tertiary/aromatic N) is 3. The van der Waals surface area contributed by atoms with E-state index < -0.39 is 0 Å². The van der Waals surface area contributed by atoms with Crippen LogP contribution in [0.4, 0.5) is 11.4 Å². The fraction of sp³-hybridized carbons (Fsp3) is 0.353. The summed E-state index contributed by atoms with van der Waals surface area (Å²) in [6.45, 7) is 5.76. The van der Waals surface area contributed by atoms with Crippen molar-refractivity contribution in [2.75, 3.05) is 36.0 Å². The lowest BCUT2D eigenvalue weighted by Gasteiger charge is -2.37. The van der Waals surface area contributed by atoms with E-state index in [9.17, 15) is 4.79 Å². The minimum absolute atomic E-state index is 0.0845. The SMILES string of the molecule is Cc1ccc(N2CCN(c3cccn(C)c3=O)CC2)cc1. The third kappa shape index (κ3) is 2.79. The molecule has 1 saturated heterocycles. The molecule has 1 aromatic carbocycles. The summed E-state index contributed by atoms with van der Waals surface area (Å²) in [4.78, 5) is 16.7. The molecule has 3 rings (SSSR count). The molecule has 1 fully saturated rings. The monoisotopic (exact) mass is 283 g/mol. The van der Waals surface area contributed by atoms with Crippen LogP contribution in [0.15, 0.2) is 47.4 Å². The minimum atomic E-state index is 0.0845. The number of aryl methyl sites for hydroxylation is 2. The van der Waals surface area contributed by atoms with Crippen LogP contribution in [0.25, 0.3) is 0 Å². The van der Waals surface area contributed by atoms with E-state index in [1.54, 1.807) is 17.8 Å². The number of rotatable bonds is 2. The van der Waals surface area contributed by atoms with Crippen molar-refractivity contribution in [1.82, 2.24) is 4.57 Å². The summed E-state index contributed by atoms with van der Waals surface area (Å²) in [7, 11) is 1.80. The standard InChI is InChI=1S/C17H21N3O/c1-14-5-7-15(8-6-14)19-10-12-20(13-11-19)16-4-3-9-18(2)17(16)21/h3-9H,10-13H2,1-2H3. The van der Waals surface area contributed by atoms with Crippen molar-refractivity contribution < 1.29 is 0 Å². The molecule has 4 nitrogen and oxygen atoms in total. The first-order valence-electron chi connectivity index (χ1n) is 7.37. The summed E-state index contributed by atoms with van der Waals surface area (Å²) >= 11 is 0. The van der Waals surface area contributed by atoms with Gasteiger partial charge in [0.25, 0.3) is 5.56 Å². The average Bonchev–Trinajstić information content (AvgIpc) is 2.51. The molecule has 2 aromatic rings. The molecule has 2 heterocycles. The number of hydrogen-bond donors (Lipinski definition) is 0. The summed E-state index contributed by atoms with van der Waals surface area (Å²) in [6.07, 6.45) is 1.80. The molecule has 1 aromatic heterocycles. The summed E-state index contributed by atoms with van der Waals surface area (Å²) in [5.41, 5.74) is 3.44. The fourth-order valence-corrected chi connectivity index (χ4v) is 2.78. The number of benzene rings is 1. The van der Waals surface area contributed by atoms with Gasteiger partial charge in [-0.25, -0.2) is 0 Å². The highest BCUT2D eigenvalue weighted by Gasteiger charge is 2.19. The molecule has 1 aliphatic heterocycles. The van der Waals surface area contributed by atoms with Gasteiger partial charge in [0.15, 0.2) is 0 Å². The zero-order valence-electron chi connectivity index (χ0n) is 12.6. The van der Waals surface area contributed by atoms with Crippen molar-refractivity contribution in [2.24, 2.45) is 7.05 Å². The van der Waals surface area contributed by atoms with Gasteiger partial charge in [0.05, 0.1) is 0 Å². The Morgan fingerprint density at radius 2 is 1.52 bits per heavy atom. The first kappa shape index (κ1) is 13.7. The molecule has 0 bridgehead atoms. The predicted molar refractivity (Wildman–Crippen MR) is 87.3 cm³/mol. The highest BCUT2D eigenvalue weighted by molar-refractivity contribution is 5.51. The van der Waals surface area contributed by atoms with Crippen LogP contribution >= 0.6 is 0 Å². The van der Waals surface area contributed by atoms with E-state index in [1.807, 2.05) is 12.1 Å². The quantitative estimate of drug-likeness (QED) is 0.844. The maximum absolute atomic E-state index is 12.2. The average molecular weight is 283 g/mol. The van der Waals surface area contributed by atoms with Gasteiger partial charge < -0.3 is 14.4 Å². The van der Waals surface area contributed by atoms with Gasteiger partial charge in [-0.2, -0.15) is 0 Å². The van der Waals surface area contributed by atoms with Crippen molar-refractivity contribution >= 4 is 11.4 Å². The van der Waals surface area contributed by atoms with E-state index in [0.29, 0.717) is 0 Å². The Balaban J connectivity index is 1.72. The van der Waals surface area contributed by atoms with Crippen LogP contribution in [0, 0.1) is 6.92 Å². The highest BCUT2D eigenvalue weighted by Crippen LogP contribution is 2.19. The number of anilines is 2. The van der Waals surface area contributed by atoms with Crippen molar-refractivity contribution in [3.8, 4) is 0 Å². The molecule has 1 aliphatic rings. The van der Waals surface area contributed by atoms with Crippen molar-refractivity contribution in [3.63, 3.8) is 0 Å². The topological polar surface area (TPSA) is 28.5 Å². The molecular weight excluding hydrogens is 262 g/mol. The van der Waals surface area contributed by atoms with Crippen LogP contribution in [-0.2, 0) is 7.05 Å². The minimum Gasteiger partial charge on any atom is -0.368 e. The third-order valence-corrected chi connectivity index (χ3v) is 4.12. The summed E-state index contributed by atoms with van der Waals surface area (Å²) in [5, 5.41) is 0. The molecule has 0 unspecified atom stereocenters. The zero-order chi connectivity index (χ0) is 14.8. The maximum atomic E-state index is 12.2. The van der Waals surface area contributed by atoms with E-state index in [4.69, 9.17) is 0 Å². The van der Waals surface area contributed by atoms with Gasteiger partial charge in [-0.3, -0.25) is 4.79 Å². The van der Waals surface area contributed by atoms with E-state index in [-0.39, 0.29) is 5.56 Å². The normalized spacial score (nSPS) is 15.3. The van der Waals surface area contributed by atoms with Gasteiger partial charge in [-0.1, -0.05) is 17.7 Å². The first-order chi connectivity index (χ1) is 10.1. The molecule has 0 saturated carbocycles.